The van der Waals surface area contributed by atoms with Gasteiger partial charge in [-0.05, 0) is 30.4 Å². The molecule has 1 aromatic heterocycles. The summed E-state index contributed by atoms with van der Waals surface area (Å²) >= 11 is 0. The number of benzene rings is 1. The van der Waals surface area contributed by atoms with Crippen LogP contribution in [0.3, 0.4) is 0 Å². The van der Waals surface area contributed by atoms with E-state index in [0.717, 1.165) is 19.3 Å². The largest absolute Gasteiger partial charge is 0.481 e. The molecule has 1 aliphatic carbocycles. The average molecular weight is 285 g/mol. The van der Waals surface area contributed by atoms with Gasteiger partial charge < -0.3 is 14.8 Å². The van der Waals surface area contributed by atoms with Crippen molar-refractivity contribution in [2.45, 2.75) is 25.3 Å². The Kier molecular flexibility index (Phi) is 3.90. The monoisotopic (exact) mass is 285 g/mol. The second-order valence-electron chi connectivity index (χ2n) is 5.06. The Hall–Kier alpha value is -2.30. The molecule has 0 saturated heterocycles. The molecule has 1 aromatic carbocycles. The zero-order chi connectivity index (χ0) is 14.7. The van der Waals surface area contributed by atoms with Crippen LogP contribution >= 0.6 is 0 Å². The maximum absolute atomic E-state index is 5.18. The summed E-state index contributed by atoms with van der Waals surface area (Å²) in [5.41, 5.74) is 2.73. The van der Waals surface area contributed by atoms with Crippen LogP contribution in [0.15, 0.2) is 30.3 Å². The first-order valence-corrected chi connectivity index (χ1v) is 7.11. The van der Waals surface area contributed by atoms with Crippen LogP contribution in [0.4, 0.5) is 5.95 Å². The van der Waals surface area contributed by atoms with Crippen LogP contribution in [0, 0.1) is 0 Å². The van der Waals surface area contributed by atoms with Gasteiger partial charge in [-0.25, -0.2) is 0 Å². The summed E-state index contributed by atoms with van der Waals surface area (Å²) in [6.45, 7) is 0. The number of fused-ring (bicyclic) bond motifs is 1. The lowest BCUT2D eigenvalue weighted by atomic mass is 9.88. The number of nitrogens with one attached hydrogen (secondary N) is 1. The molecule has 0 aliphatic heterocycles. The van der Waals surface area contributed by atoms with Gasteiger partial charge >= 0.3 is 0 Å². The van der Waals surface area contributed by atoms with Gasteiger partial charge in [-0.3, -0.25) is 0 Å². The van der Waals surface area contributed by atoms with Gasteiger partial charge in [0.15, 0.2) is 0 Å². The lowest BCUT2D eigenvalue weighted by Crippen LogP contribution is -2.18. The van der Waals surface area contributed by atoms with Crippen molar-refractivity contribution >= 4 is 5.95 Å². The summed E-state index contributed by atoms with van der Waals surface area (Å²) in [5.74, 6) is 1.52. The Morgan fingerprint density at radius 3 is 2.52 bits per heavy atom. The fraction of sp³-hybridized carbons (Fsp3) is 0.375. The number of nitrogens with zero attached hydrogens (tertiary/aromatic N) is 2. The highest BCUT2D eigenvalue weighted by Crippen LogP contribution is 2.32. The molecular weight excluding hydrogens is 266 g/mol. The van der Waals surface area contributed by atoms with Crippen LogP contribution < -0.4 is 14.8 Å². The van der Waals surface area contributed by atoms with Crippen molar-refractivity contribution in [3.05, 3.63) is 41.5 Å². The Morgan fingerprint density at radius 2 is 1.81 bits per heavy atom. The SMILES string of the molecule is COc1cc(OC)nc(NC2CCCc3ccccc32)n1. The normalized spacial score (nSPS) is 17.0. The van der Waals surface area contributed by atoms with Crippen molar-refractivity contribution < 1.29 is 9.47 Å². The van der Waals surface area contributed by atoms with E-state index in [2.05, 4.69) is 39.6 Å². The van der Waals surface area contributed by atoms with Crippen molar-refractivity contribution in [2.24, 2.45) is 0 Å². The molecule has 0 spiro atoms. The van der Waals surface area contributed by atoms with Gasteiger partial charge in [0.2, 0.25) is 17.7 Å². The van der Waals surface area contributed by atoms with Crippen molar-refractivity contribution in [3.63, 3.8) is 0 Å². The number of hydrogen-bond acceptors (Lipinski definition) is 5. The third-order valence-electron chi connectivity index (χ3n) is 3.77. The minimum absolute atomic E-state index is 0.228. The molecule has 1 unspecified atom stereocenters. The minimum atomic E-state index is 0.228. The molecule has 5 heteroatoms. The molecule has 1 N–H and O–H groups in total. The van der Waals surface area contributed by atoms with Crippen molar-refractivity contribution in [1.82, 2.24) is 9.97 Å². The summed E-state index contributed by atoms with van der Waals surface area (Å²) in [6.07, 6.45) is 3.37. The Bertz CT molecular complexity index is 608. The topological polar surface area (TPSA) is 56.3 Å². The average Bonchev–Trinajstić information content (AvgIpc) is 2.55. The van der Waals surface area contributed by atoms with E-state index in [9.17, 15) is 0 Å². The van der Waals surface area contributed by atoms with Crippen LogP contribution in [0.25, 0.3) is 0 Å². The molecule has 1 atom stereocenters. The third-order valence-corrected chi connectivity index (χ3v) is 3.77. The molecule has 0 radical (unpaired) electrons. The number of aryl methyl sites for hydroxylation is 1. The first-order valence-electron chi connectivity index (χ1n) is 7.11. The molecule has 0 saturated carbocycles. The second-order valence-corrected chi connectivity index (χ2v) is 5.06. The highest BCUT2D eigenvalue weighted by molar-refractivity contribution is 5.40. The molecule has 0 amide bonds. The van der Waals surface area contributed by atoms with Gasteiger partial charge in [0.1, 0.15) is 0 Å². The predicted molar refractivity (Wildman–Crippen MR) is 80.9 cm³/mol. The predicted octanol–water partition coefficient (Wildman–Crippen LogP) is 2.98. The maximum atomic E-state index is 5.18. The Balaban J connectivity index is 1.87. The number of anilines is 1. The summed E-state index contributed by atoms with van der Waals surface area (Å²) in [4.78, 5) is 8.68. The quantitative estimate of drug-likeness (QED) is 0.936. The van der Waals surface area contributed by atoms with Gasteiger partial charge in [0, 0.05) is 0 Å². The molecule has 110 valence electrons. The number of rotatable bonds is 4. The van der Waals surface area contributed by atoms with Crippen molar-refractivity contribution in [3.8, 4) is 11.8 Å². The summed E-state index contributed by atoms with van der Waals surface area (Å²) in [5, 5.41) is 3.40. The fourth-order valence-electron chi connectivity index (χ4n) is 2.74. The van der Waals surface area contributed by atoms with E-state index in [1.807, 2.05) is 0 Å². The molecule has 21 heavy (non-hydrogen) atoms. The van der Waals surface area contributed by atoms with Gasteiger partial charge in [-0.1, -0.05) is 24.3 Å². The zero-order valence-electron chi connectivity index (χ0n) is 12.3. The number of hydrogen-bond donors (Lipinski definition) is 1. The number of ether oxygens (including phenoxy) is 2. The van der Waals surface area contributed by atoms with Crippen LogP contribution in [0.5, 0.6) is 11.8 Å². The highest BCUT2D eigenvalue weighted by Gasteiger charge is 2.20. The van der Waals surface area contributed by atoms with E-state index < -0.39 is 0 Å². The summed E-state index contributed by atoms with van der Waals surface area (Å²) < 4.78 is 10.4. The third kappa shape index (κ3) is 2.91. The smallest absolute Gasteiger partial charge is 0.229 e. The molecule has 2 aromatic rings. The minimum Gasteiger partial charge on any atom is -0.481 e. The fourth-order valence-corrected chi connectivity index (χ4v) is 2.74. The lowest BCUT2D eigenvalue weighted by molar-refractivity contribution is 0.372. The molecule has 1 heterocycles. The molecule has 5 nitrogen and oxygen atoms in total. The van der Waals surface area contributed by atoms with E-state index >= 15 is 0 Å². The van der Waals surface area contributed by atoms with Gasteiger partial charge in [0.05, 0.1) is 26.3 Å². The zero-order valence-corrected chi connectivity index (χ0v) is 12.3. The molecule has 0 bridgehead atoms. The van der Waals surface area contributed by atoms with E-state index in [1.54, 1.807) is 20.3 Å². The van der Waals surface area contributed by atoms with Crippen LogP contribution in [-0.2, 0) is 6.42 Å². The molecule has 1 aliphatic rings. The van der Waals surface area contributed by atoms with E-state index in [1.165, 1.54) is 11.1 Å². The van der Waals surface area contributed by atoms with Crippen LogP contribution in [-0.4, -0.2) is 24.2 Å². The first-order chi connectivity index (χ1) is 10.3. The van der Waals surface area contributed by atoms with E-state index in [-0.39, 0.29) is 6.04 Å². The maximum Gasteiger partial charge on any atom is 0.229 e. The molecule has 3 rings (SSSR count). The lowest BCUT2D eigenvalue weighted by Gasteiger charge is -2.26. The summed E-state index contributed by atoms with van der Waals surface area (Å²) in [7, 11) is 3.17. The van der Waals surface area contributed by atoms with Crippen LogP contribution in [0.2, 0.25) is 0 Å². The van der Waals surface area contributed by atoms with E-state index in [0.29, 0.717) is 17.7 Å². The van der Waals surface area contributed by atoms with Gasteiger partial charge in [0.25, 0.3) is 0 Å². The van der Waals surface area contributed by atoms with E-state index in [4.69, 9.17) is 9.47 Å². The number of aromatic nitrogens is 2. The van der Waals surface area contributed by atoms with Crippen molar-refractivity contribution in [2.75, 3.05) is 19.5 Å². The number of methoxy groups -OCH3 is 2. The van der Waals surface area contributed by atoms with Crippen molar-refractivity contribution in [1.29, 1.82) is 0 Å². The van der Waals surface area contributed by atoms with Crippen LogP contribution in [0.1, 0.15) is 30.0 Å². The van der Waals surface area contributed by atoms with Gasteiger partial charge in [-0.2, -0.15) is 9.97 Å². The Morgan fingerprint density at radius 1 is 1.10 bits per heavy atom. The van der Waals surface area contributed by atoms with Gasteiger partial charge in [-0.15, -0.1) is 0 Å². The Labute approximate surface area is 124 Å². The molecule has 0 fully saturated rings. The molecular formula is C16H19N3O2. The summed E-state index contributed by atoms with van der Waals surface area (Å²) in [6, 6.07) is 10.4. The second kappa shape index (κ2) is 5.99. The highest BCUT2D eigenvalue weighted by atomic mass is 16.5. The first kappa shape index (κ1) is 13.7. The standard InChI is InChI=1S/C16H19N3O2/c1-20-14-10-15(21-2)19-16(18-14)17-13-9-5-7-11-6-3-4-8-12(11)13/h3-4,6,8,10,13H,5,7,9H2,1-2H3,(H,17,18,19).